The van der Waals surface area contributed by atoms with Crippen molar-refractivity contribution in [1.29, 1.82) is 0 Å². The summed E-state index contributed by atoms with van der Waals surface area (Å²) in [6.45, 7) is -6.22. The first kappa shape index (κ1) is 39.6. The Kier molecular flexibility index (Phi) is 19.5. The third kappa shape index (κ3) is 19.4. The van der Waals surface area contributed by atoms with E-state index in [1.165, 1.54) is 0 Å². The van der Waals surface area contributed by atoms with Gasteiger partial charge < -0.3 is 68.9 Å². The maximum absolute atomic E-state index is 12.2. The molecular formula is C22H36N10O13. The lowest BCUT2D eigenvalue weighted by Crippen LogP contribution is -2.53. The standard InChI is InChI=1S/C22H36N10O13/c23-1-13(35)24-2-14(36)25-3-15(37)26-4-16(38)28-7-19(41)31-11(9-33)21(43)30-6-18(40)27-5-17(39)29-8-20(42)32-12(10-34)22(44)45/h11-12,33-34H,1-10,23H2,(H,24,35)(H,25,36)(H,26,37)(H,27,40)(H,28,38)(H,29,39)(H,30,43)(H,31,41)(H,32,42)(H,44,45)/t11-,12-/m0/s1. The summed E-state index contributed by atoms with van der Waals surface area (Å²) in [5, 5.41) is 45.9. The summed E-state index contributed by atoms with van der Waals surface area (Å²) < 4.78 is 0. The van der Waals surface area contributed by atoms with Crippen molar-refractivity contribution in [3.63, 3.8) is 0 Å². The van der Waals surface area contributed by atoms with Gasteiger partial charge in [-0.2, -0.15) is 0 Å². The van der Waals surface area contributed by atoms with E-state index in [1.807, 2.05) is 5.32 Å². The van der Waals surface area contributed by atoms with Gasteiger partial charge in [0.1, 0.15) is 12.1 Å². The second-order valence-corrected chi connectivity index (χ2v) is 8.53. The molecule has 0 aliphatic rings. The summed E-state index contributed by atoms with van der Waals surface area (Å²) in [5.41, 5.74) is 5.06. The lowest BCUT2D eigenvalue weighted by Gasteiger charge is -2.16. The summed E-state index contributed by atoms with van der Waals surface area (Å²) in [4.78, 5) is 116. The molecule has 0 spiro atoms. The van der Waals surface area contributed by atoms with E-state index in [0.717, 1.165) is 0 Å². The van der Waals surface area contributed by atoms with Gasteiger partial charge in [-0.25, -0.2) is 4.79 Å². The number of nitrogens with one attached hydrogen (secondary N) is 9. The molecule has 0 radical (unpaired) electrons. The molecule has 252 valence electrons. The van der Waals surface area contributed by atoms with Crippen molar-refractivity contribution in [2.75, 3.05) is 65.6 Å². The van der Waals surface area contributed by atoms with Crippen molar-refractivity contribution >= 4 is 59.1 Å². The number of rotatable bonds is 21. The fraction of sp³-hybridized carbons (Fsp3) is 0.545. The Balaban J connectivity index is 4.28. The van der Waals surface area contributed by atoms with Crippen LogP contribution in [-0.2, 0) is 47.9 Å². The fourth-order valence-corrected chi connectivity index (χ4v) is 2.62. The highest BCUT2D eigenvalue weighted by Crippen LogP contribution is 1.85. The van der Waals surface area contributed by atoms with Gasteiger partial charge in [0, 0.05) is 0 Å². The van der Waals surface area contributed by atoms with Crippen LogP contribution in [0.1, 0.15) is 0 Å². The van der Waals surface area contributed by atoms with Gasteiger partial charge in [0.2, 0.25) is 53.2 Å². The van der Waals surface area contributed by atoms with Crippen molar-refractivity contribution in [3.8, 4) is 0 Å². The van der Waals surface area contributed by atoms with Gasteiger partial charge >= 0.3 is 5.97 Å². The van der Waals surface area contributed by atoms with E-state index in [9.17, 15) is 53.1 Å². The zero-order valence-electron chi connectivity index (χ0n) is 23.7. The highest BCUT2D eigenvalue weighted by Gasteiger charge is 2.21. The number of nitrogens with two attached hydrogens (primary N) is 1. The van der Waals surface area contributed by atoms with Crippen LogP contribution in [0.4, 0.5) is 0 Å². The van der Waals surface area contributed by atoms with Crippen LogP contribution in [0.15, 0.2) is 0 Å². The van der Waals surface area contributed by atoms with Gasteiger partial charge in [-0.15, -0.1) is 0 Å². The second-order valence-electron chi connectivity index (χ2n) is 8.53. The number of amides is 9. The number of carboxylic acids is 1. The van der Waals surface area contributed by atoms with E-state index in [-0.39, 0.29) is 6.54 Å². The molecule has 0 rings (SSSR count). The van der Waals surface area contributed by atoms with Crippen LogP contribution in [0.25, 0.3) is 0 Å². The third-order valence-electron chi connectivity index (χ3n) is 4.94. The Labute approximate surface area is 254 Å². The number of carbonyl (C=O) groups excluding carboxylic acids is 9. The molecule has 0 aromatic rings. The SMILES string of the molecule is NCC(=O)NCC(=O)NCC(=O)NCC(=O)NCC(=O)N[C@@H](CO)C(=O)NCC(=O)NCC(=O)NCC(=O)N[C@@H](CO)C(=O)O. The normalized spacial score (nSPS) is 11.4. The van der Waals surface area contributed by atoms with Crippen molar-refractivity contribution in [1.82, 2.24) is 47.9 Å². The molecule has 0 aliphatic heterocycles. The van der Waals surface area contributed by atoms with Crippen LogP contribution >= 0.6 is 0 Å². The minimum Gasteiger partial charge on any atom is -0.480 e. The van der Waals surface area contributed by atoms with Crippen LogP contribution in [0.2, 0.25) is 0 Å². The topological polar surface area (TPSA) is 366 Å². The molecule has 9 amide bonds. The summed E-state index contributed by atoms with van der Waals surface area (Å²) in [6, 6.07) is -3.10. The molecule has 45 heavy (non-hydrogen) atoms. The van der Waals surface area contributed by atoms with Gasteiger partial charge in [-0.1, -0.05) is 0 Å². The molecule has 0 heterocycles. The van der Waals surface area contributed by atoms with Gasteiger partial charge in [0.05, 0.1) is 65.6 Å². The van der Waals surface area contributed by atoms with Crippen molar-refractivity contribution in [3.05, 3.63) is 0 Å². The number of aliphatic hydroxyl groups excluding tert-OH is 2. The zero-order valence-corrected chi connectivity index (χ0v) is 23.7. The summed E-state index contributed by atoms with van der Waals surface area (Å²) in [6.07, 6.45) is 0. The number of aliphatic carboxylic acids is 1. The quantitative estimate of drug-likeness (QED) is 0.0550. The molecule has 0 unspecified atom stereocenters. The number of carboxylic acid groups (broad SMARTS) is 1. The first-order chi connectivity index (χ1) is 21.2. The van der Waals surface area contributed by atoms with Crippen LogP contribution in [-0.4, -0.2) is 152 Å². The molecule has 23 nitrogen and oxygen atoms in total. The Bertz CT molecular complexity index is 1120. The Morgan fingerprint density at radius 3 is 1.04 bits per heavy atom. The van der Waals surface area contributed by atoms with Crippen molar-refractivity contribution in [2.24, 2.45) is 5.73 Å². The molecule has 0 saturated carbocycles. The molecule has 14 N–H and O–H groups in total. The average Bonchev–Trinajstić information content (AvgIpc) is 3.01. The number of hydrogen-bond acceptors (Lipinski definition) is 13. The molecule has 0 bridgehead atoms. The highest BCUT2D eigenvalue weighted by atomic mass is 16.4. The maximum Gasteiger partial charge on any atom is 0.328 e. The fourth-order valence-electron chi connectivity index (χ4n) is 2.62. The van der Waals surface area contributed by atoms with Crippen LogP contribution in [0.3, 0.4) is 0 Å². The van der Waals surface area contributed by atoms with Gasteiger partial charge in [-0.3, -0.25) is 43.2 Å². The van der Waals surface area contributed by atoms with E-state index in [1.54, 1.807) is 0 Å². The lowest BCUT2D eigenvalue weighted by atomic mass is 10.3. The molecule has 2 atom stereocenters. The molecular weight excluding hydrogens is 612 g/mol. The van der Waals surface area contributed by atoms with Gasteiger partial charge in [0.15, 0.2) is 0 Å². The summed E-state index contributed by atoms with van der Waals surface area (Å²) in [7, 11) is 0. The first-order valence-electron chi connectivity index (χ1n) is 12.8. The minimum atomic E-state index is -1.57. The second kappa shape index (κ2) is 22.2. The largest absolute Gasteiger partial charge is 0.480 e. The number of hydrogen-bond donors (Lipinski definition) is 13. The Morgan fingerprint density at radius 1 is 0.444 bits per heavy atom. The first-order valence-corrected chi connectivity index (χ1v) is 12.8. The summed E-state index contributed by atoms with van der Waals surface area (Å²) >= 11 is 0. The molecule has 23 heteroatoms. The van der Waals surface area contributed by atoms with E-state index in [2.05, 4.69) is 42.5 Å². The molecule has 0 aromatic heterocycles. The van der Waals surface area contributed by atoms with E-state index in [4.69, 9.17) is 15.9 Å². The highest BCUT2D eigenvalue weighted by molar-refractivity contribution is 5.94. The predicted molar refractivity (Wildman–Crippen MR) is 146 cm³/mol. The summed E-state index contributed by atoms with van der Waals surface area (Å²) in [5.74, 6) is -8.88. The molecule has 0 aromatic carbocycles. The van der Waals surface area contributed by atoms with Crippen molar-refractivity contribution < 1.29 is 63.3 Å². The van der Waals surface area contributed by atoms with Gasteiger partial charge in [0.25, 0.3) is 0 Å². The number of aliphatic hydroxyl groups is 2. The Morgan fingerprint density at radius 2 is 0.733 bits per heavy atom. The molecule has 0 aliphatic carbocycles. The predicted octanol–water partition coefficient (Wildman–Crippen LogP) is -10.2. The molecule has 0 saturated heterocycles. The van der Waals surface area contributed by atoms with E-state index in [0.29, 0.717) is 0 Å². The zero-order chi connectivity index (χ0) is 34.4. The van der Waals surface area contributed by atoms with E-state index >= 15 is 0 Å². The minimum absolute atomic E-state index is 0.321. The van der Waals surface area contributed by atoms with Crippen LogP contribution in [0, 0.1) is 0 Å². The number of carbonyl (C=O) groups is 10. The van der Waals surface area contributed by atoms with Crippen LogP contribution < -0.4 is 53.6 Å². The molecule has 0 fully saturated rings. The maximum atomic E-state index is 12.2. The van der Waals surface area contributed by atoms with Crippen LogP contribution in [0.5, 0.6) is 0 Å². The average molecular weight is 649 g/mol. The van der Waals surface area contributed by atoms with Crippen molar-refractivity contribution in [2.45, 2.75) is 12.1 Å². The lowest BCUT2D eigenvalue weighted by molar-refractivity contribution is -0.142. The van der Waals surface area contributed by atoms with Gasteiger partial charge in [-0.05, 0) is 0 Å². The van der Waals surface area contributed by atoms with E-state index < -0.39 is 130 Å². The smallest absolute Gasteiger partial charge is 0.328 e. The third-order valence-corrected chi connectivity index (χ3v) is 4.94. The monoisotopic (exact) mass is 648 g/mol. The Hall–Kier alpha value is -5.42.